The number of rotatable bonds is 3. The monoisotopic (exact) mass is 363 g/mol. The first-order valence-electron chi connectivity index (χ1n) is 6.15. The Morgan fingerprint density at radius 1 is 1.29 bits per heavy atom. The van der Waals surface area contributed by atoms with Gasteiger partial charge in [0.05, 0.1) is 12.3 Å². The minimum Gasteiger partial charge on any atom is -0.462 e. The van der Waals surface area contributed by atoms with E-state index in [1.807, 2.05) is 12.1 Å². The normalized spacial score (nSPS) is 11.5. The van der Waals surface area contributed by atoms with Gasteiger partial charge in [-0.05, 0) is 13.8 Å². The van der Waals surface area contributed by atoms with Crippen LogP contribution in [0.15, 0.2) is 24.3 Å². The molecule has 0 radical (unpaired) electrons. The number of carbonyl (C=O) groups excluding carboxylic acids is 1. The van der Waals surface area contributed by atoms with Crippen LogP contribution in [0.3, 0.4) is 0 Å². The van der Waals surface area contributed by atoms with E-state index < -0.39 is 3.79 Å². The number of hydrogen-bond donors (Lipinski definition) is 0. The number of thiazole rings is 1. The number of esters is 1. The number of halogens is 3. The lowest BCUT2D eigenvalue weighted by molar-refractivity contribution is 0.0531. The van der Waals surface area contributed by atoms with Crippen molar-refractivity contribution in [3.63, 3.8) is 0 Å². The quantitative estimate of drug-likeness (QED) is 0.560. The standard InChI is InChI=1S/C14H12Cl3NO2S/c1-3-20-13(19)11-8(2)18-12(21-11)9-4-6-10(7-5-9)14(15,16)17/h4-7H,3H2,1-2H3. The number of aromatic nitrogens is 1. The second-order valence-corrected chi connectivity index (χ2v) is 7.51. The van der Waals surface area contributed by atoms with E-state index in [-0.39, 0.29) is 5.97 Å². The largest absolute Gasteiger partial charge is 0.462 e. The van der Waals surface area contributed by atoms with Crippen molar-refractivity contribution in [1.29, 1.82) is 0 Å². The first-order valence-corrected chi connectivity index (χ1v) is 8.10. The lowest BCUT2D eigenvalue weighted by atomic mass is 10.1. The molecule has 0 unspecified atom stereocenters. The Morgan fingerprint density at radius 2 is 1.90 bits per heavy atom. The van der Waals surface area contributed by atoms with Crippen LogP contribution in [0.25, 0.3) is 10.6 Å². The van der Waals surface area contributed by atoms with Crippen LogP contribution in [0, 0.1) is 6.92 Å². The van der Waals surface area contributed by atoms with E-state index in [1.165, 1.54) is 11.3 Å². The van der Waals surface area contributed by atoms with Gasteiger partial charge in [-0.15, -0.1) is 11.3 Å². The Hall–Kier alpha value is -0.810. The molecule has 0 amide bonds. The summed E-state index contributed by atoms with van der Waals surface area (Å²) in [7, 11) is 0. The molecule has 0 fully saturated rings. The molecule has 1 aromatic heterocycles. The zero-order valence-electron chi connectivity index (χ0n) is 11.3. The van der Waals surface area contributed by atoms with E-state index in [4.69, 9.17) is 39.5 Å². The fraction of sp³-hybridized carbons (Fsp3) is 0.286. The number of alkyl halides is 3. The lowest BCUT2D eigenvalue weighted by Gasteiger charge is -2.10. The molecule has 0 saturated heterocycles. The summed E-state index contributed by atoms with van der Waals surface area (Å²) >= 11 is 18.7. The summed E-state index contributed by atoms with van der Waals surface area (Å²) < 4.78 is 3.55. The highest BCUT2D eigenvalue weighted by Gasteiger charge is 2.23. The highest BCUT2D eigenvalue weighted by Crippen LogP contribution is 2.39. The second-order valence-electron chi connectivity index (χ2n) is 4.23. The maximum Gasteiger partial charge on any atom is 0.350 e. The van der Waals surface area contributed by atoms with Gasteiger partial charge in [0, 0.05) is 11.1 Å². The molecule has 21 heavy (non-hydrogen) atoms. The number of aryl methyl sites for hydroxylation is 1. The molecule has 0 aliphatic rings. The maximum atomic E-state index is 11.8. The minimum atomic E-state index is -1.45. The van der Waals surface area contributed by atoms with E-state index >= 15 is 0 Å². The van der Waals surface area contributed by atoms with Crippen molar-refractivity contribution in [2.45, 2.75) is 17.6 Å². The van der Waals surface area contributed by atoms with E-state index in [0.717, 1.165) is 10.6 Å². The molecule has 2 rings (SSSR count). The third-order valence-electron chi connectivity index (χ3n) is 2.72. The van der Waals surface area contributed by atoms with Gasteiger partial charge in [-0.1, -0.05) is 59.1 Å². The average Bonchev–Trinajstić information content (AvgIpc) is 2.80. The van der Waals surface area contributed by atoms with Crippen LogP contribution >= 0.6 is 46.1 Å². The molecule has 7 heteroatoms. The summed E-state index contributed by atoms with van der Waals surface area (Å²) in [6, 6.07) is 7.07. The molecule has 2 aromatic rings. The smallest absolute Gasteiger partial charge is 0.350 e. The highest BCUT2D eigenvalue weighted by atomic mass is 35.6. The molecule has 3 nitrogen and oxygen atoms in total. The van der Waals surface area contributed by atoms with Gasteiger partial charge < -0.3 is 4.74 Å². The summed E-state index contributed by atoms with van der Waals surface area (Å²) in [5.41, 5.74) is 2.09. The molecule has 0 aliphatic heterocycles. The van der Waals surface area contributed by atoms with Crippen LogP contribution in [0.2, 0.25) is 0 Å². The Balaban J connectivity index is 2.31. The van der Waals surface area contributed by atoms with Crippen LogP contribution in [0.1, 0.15) is 27.9 Å². The van der Waals surface area contributed by atoms with E-state index in [2.05, 4.69) is 4.98 Å². The molecule has 1 heterocycles. The topological polar surface area (TPSA) is 39.2 Å². The predicted molar refractivity (Wildman–Crippen MR) is 87.5 cm³/mol. The molecule has 0 N–H and O–H groups in total. The molecule has 112 valence electrons. The SMILES string of the molecule is CCOC(=O)c1sc(-c2ccc(C(Cl)(Cl)Cl)cc2)nc1C. The van der Waals surface area contributed by atoms with Gasteiger partial charge in [0.15, 0.2) is 0 Å². The summed E-state index contributed by atoms with van der Waals surface area (Å²) in [5, 5.41) is 0.728. The summed E-state index contributed by atoms with van der Waals surface area (Å²) in [5.74, 6) is -0.350. The van der Waals surface area contributed by atoms with Crippen molar-refractivity contribution >= 4 is 52.1 Å². The number of carbonyl (C=O) groups is 1. The van der Waals surface area contributed by atoms with Crippen LogP contribution in [0.4, 0.5) is 0 Å². The van der Waals surface area contributed by atoms with E-state index in [9.17, 15) is 4.79 Å². The van der Waals surface area contributed by atoms with Crippen LogP contribution < -0.4 is 0 Å². The summed E-state index contributed by atoms with van der Waals surface area (Å²) in [6.07, 6.45) is 0. The van der Waals surface area contributed by atoms with Crippen molar-refractivity contribution in [3.8, 4) is 10.6 Å². The Bertz CT molecular complexity index is 647. The van der Waals surface area contributed by atoms with Gasteiger partial charge in [-0.2, -0.15) is 0 Å². The molecule has 0 atom stereocenters. The third kappa shape index (κ3) is 3.89. The lowest BCUT2D eigenvalue weighted by Crippen LogP contribution is -2.03. The first-order chi connectivity index (χ1) is 9.82. The van der Waals surface area contributed by atoms with Crippen LogP contribution in [-0.2, 0) is 8.53 Å². The van der Waals surface area contributed by atoms with Crippen molar-refractivity contribution in [3.05, 3.63) is 40.4 Å². The zero-order chi connectivity index (χ0) is 15.6. The first kappa shape index (κ1) is 16.6. The fourth-order valence-corrected chi connectivity index (χ4v) is 3.05. The molecule has 0 spiro atoms. The third-order valence-corrected chi connectivity index (χ3v) is 4.56. The zero-order valence-corrected chi connectivity index (χ0v) is 14.4. The van der Waals surface area contributed by atoms with Gasteiger partial charge in [0.1, 0.15) is 9.88 Å². The van der Waals surface area contributed by atoms with Crippen molar-refractivity contribution in [2.75, 3.05) is 6.61 Å². The molecular weight excluding hydrogens is 353 g/mol. The van der Waals surface area contributed by atoms with Gasteiger partial charge >= 0.3 is 5.97 Å². The molecule has 1 aromatic carbocycles. The average molecular weight is 365 g/mol. The van der Waals surface area contributed by atoms with Gasteiger partial charge in [0.2, 0.25) is 3.79 Å². The van der Waals surface area contributed by atoms with Crippen LogP contribution in [0.5, 0.6) is 0 Å². The summed E-state index contributed by atoms with van der Waals surface area (Å²) in [4.78, 5) is 16.7. The minimum absolute atomic E-state index is 0.337. The molecule has 0 aliphatic carbocycles. The molecule has 0 saturated carbocycles. The number of benzene rings is 1. The van der Waals surface area contributed by atoms with Crippen molar-refractivity contribution in [2.24, 2.45) is 0 Å². The fourth-order valence-electron chi connectivity index (χ4n) is 1.71. The van der Waals surface area contributed by atoms with E-state index in [1.54, 1.807) is 26.0 Å². The number of nitrogens with zero attached hydrogens (tertiary/aromatic N) is 1. The van der Waals surface area contributed by atoms with Crippen molar-refractivity contribution < 1.29 is 9.53 Å². The maximum absolute atomic E-state index is 11.8. The summed E-state index contributed by atoms with van der Waals surface area (Å²) in [6.45, 7) is 3.88. The van der Waals surface area contributed by atoms with Gasteiger partial charge in [0.25, 0.3) is 0 Å². The van der Waals surface area contributed by atoms with Crippen LogP contribution in [-0.4, -0.2) is 17.6 Å². The molecule has 0 bridgehead atoms. The number of ether oxygens (including phenoxy) is 1. The Morgan fingerprint density at radius 3 is 2.43 bits per heavy atom. The van der Waals surface area contributed by atoms with Crippen molar-refractivity contribution in [1.82, 2.24) is 4.98 Å². The predicted octanol–water partition coefficient (Wildman–Crippen LogP) is 5.12. The highest BCUT2D eigenvalue weighted by molar-refractivity contribution is 7.17. The second kappa shape index (κ2) is 6.53. The van der Waals surface area contributed by atoms with Gasteiger partial charge in [-0.25, -0.2) is 9.78 Å². The number of hydrogen-bond acceptors (Lipinski definition) is 4. The Labute approximate surface area is 141 Å². The van der Waals surface area contributed by atoms with E-state index in [0.29, 0.717) is 22.7 Å². The Kier molecular flexibility index (Phi) is 5.15. The van der Waals surface area contributed by atoms with Gasteiger partial charge in [-0.3, -0.25) is 0 Å². The molecular formula is C14H12Cl3NO2S.